The van der Waals surface area contributed by atoms with Crippen LogP contribution in [0.5, 0.6) is 0 Å². The molecule has 27 heavy (non-hydrogen) atoms. The second-order valence-corrected chi connectivity index (χ2v) is 13.9. The maximum atomic E-state index is 6.46. The van der Waals surface area contributed by atoms with Crippen LogP contribution < -0.4 is 0 Å². The molecule has 1 aliphatic carbocycles. The lowest BCUT2D eigenvalue weighted by Gasteiger charge is -2.69. The highest BCUT2D eigenvalue weighted by molar-refractivity contribution is 6.54. The quantitative estimate of drug-likeness (QED) is 0.238. The lowest BCUT2D eigenvalue weighted by atomic mass is 9.44. The predicted octanol–water partition coefficient (Wildman–Crippen LogP) is 9.98. The lowest BCUT2D eigenvalue weighted by molar-refractivity contribution is -0.120. The van der Waals surface area contributed by atoms with Gasteiger partial charge in [-0.15, -0.1) is 162 Å². The van der Waals surface area contributed by atoms with E-state index in [0.29, 0.717) is 0 Å². The molecule has 0 spiro atoms. The van der Waals surface area contributed by atoms with E-state index in [9.17, 15) is 0 Å². The monoisotopic (exact) mass is 658 g/mol. The Morgan fingerprint density at radius 3 is 1.11 bits per heavy atom. The van der Waals surface area contributed by atoms with Crippen LogP contribution in [0.2, 0.25) is 0 Å². The Kier molecular flexibility index (Phi) is 11.8. The van der Waals surface area contributed by atoms with E-state index in [2.05, 4.69) is 0 Å². The Morgan fingerprint density at radius 1 is 0.519 bits per heavy atom. The molecule has 0 aromatic carbocycles. The SMILES string of the molecule is ClC(Cl)C1CCC(C(Cl)Cl)(C(Cl)Cl)C(C(Cl)Cl)(C(Cl)Cl)C1(C(Cl)Cl)C(Cl)Cl. The molecule has 14 heteroatoms. The van der Waals surface area contributed by atoms with Crippen LogP contribution in [0.15, 0.2) is 0 Å². The third-order valence-electron chi connectivity index (χ3n) is 5.46. The molecule has 1 unspecified atom stereocenters. The minimum atomic E-state index is -1.82. The zero-order valence-corrected chi connectivity index (χ0v) is 23.4. The van der Waals surface area contributed by atoms with Crippen molar-refractivity contribution in [3.8, 4) is 0 Å². The molecule has 162 valence electrons. The van der Waals surface area contributed by atoms with E-state index in [-0.39, 0.29) is 12.8 Å². The van der Waals surface area contributed by atoms with Crippen LogP contribution >= 0.6 is 162 Å². The van der Waals surface area contributed by atoms with Crippen molar-refractivity contribution >= 4 is 162 Å². The molecule has 1 fully saturated rings. The number of rotatable bonds is 7. The van der Waals surface area contributed by atoms with Crippen molar-refractivity contribution in [1.29, 1.82) is 0 Å². The summed E-state index contributed by atoms with van der Waals surface area (Å²) in [6, 6.07) is 0. The van der Waals surface area contributed by atoms with Crippen LogP contribution in [-0.4, -0.2) is 33.9 Å². The van der Waals surface area contributed by atoms with Crippen molar-refractivity contribution in [2.24, 2.45) is 22.2 Å². The van der Waals surface area contributed by atoms with Crippen LogP contribution in [0.1, 0.15) is 12.8 Å². The van der Waals surface area contributed by atoms with Crippen LogP contribution in [0, 0.1) is 22.2 Å². The first kappa shape index (κ1) is 29.1. The summed E-state index contributed by atoms with van der Waals surface area (Å²) >= 11 is 89.5. The molecule has 0 bridgehead atoms. The Balaban J connectivity index is 4.20. The van der Waals surface area contributed by atoms with Gasteiger partial charge in [0.05, 0.1) is 5.41 Å². The van der Waals surface area contributed by atoms with Gasteiger partial charge in [0.15, 0.2) is 0 Å². The predicted molar refractivity (Wildman–Crippen MR) is 128 cm³/mol. The fourth-order valence-electron chi connectivity index (χ4n) is 4.22. The average molecular weight is 665 g/mol. The molecule has 1 saturated carbocycles. The summed E-state index contributed by atoms with van der Waals surface area (Å²) in [5.74, 6) is -0.756. The summed E-state index contributed by atoms with van der Waals surface area (Å²) in [6.07, 6.45) is 0.371. The summed E-state index contributed by atoms with van der Waals surface area (Å²) in [6.45, 7) is 0. The lowest BCUT2D eigenvalue weighted by Crippen LogP contribution is -2.74. The smallest absolute Gasteiger partial charge is 0.105 e. The Hall–Kier alpha value is 4.06. The standard InChI is InChI=1S/C13H12Cl14/c14-4(15)3-1-2-11(5(16)17,6(18)19)13(9(24)25,10(26)27)12(3,7(20)21)8(22)23/h3-10H,1-2H2. The molecule has 1 atom stereocenters. The molecule has 0 aromatic rings. The van der Waals surface area contributed by atoms with Crippen LogP contribution in [0.3, 0.4) is 0 Å². The normalized spacial score (nSPS) is 25.0. The molecule has 0 amide bonds. The third kappa shape index (κ3) is 4.32. The molecule has 0 heterocycles. The van der Waals surface area contributed by atoms with Crippen molar-refractivity contribution in [3.63, 3.8) is 0 Å². The van der Waals surface area contributed by atoms with Gasteiger partial charge in [0.2, 0.25) is 0 Å². The van der Waals surface area contributed by atoms with E-state index in [1.54, 1.807) is 0 Å². The summed E-state index contributed by atoms with van der Waals surface area (Å²) in [7, 11) is 0. The Bertz CT molecular complexity index is 463. The molecule has 0 saturated heterocycles. The Labute approximate surface area is 228 Å². The molecular formula is C13H12Cl14. The van der Waals surface area contributed by atoms with Gasteiger partial charge in [-0.1, -0.05) is 0 Å². The maximum absolute atomic E-state index is 6.46. The largest absolute Gasteiger partial charge is 0.117 e. The van der Waals surface area contributed by atoms with Crippen molar-refractivity contribution in [3.05, 3.63) is 0 Å². The zero-order chi connectivity index (χ0) is 21.5. The van der Waals surface area contributed by atoms with Crippen LogP contribution in [-0.2, 0) is 0 Å². The van der Waals surface area contributed by atoms with Crippen LogP contribution in [0.4, 0.5) is 0 Å². The fraction of sp³-hybridized carbons (Fsp3) is 1.00. The third-order valence-corrected chi connectivity index (χ3v) is 10.4. The minimum Gasteiger partial charge on any atom is -0.105 e. The fourth-order valence-corrected chi connectivity index (χ4v) is 11.3. The van der Waals surface area contributed by atoms with E-state index >= 15 is 0 Å². The van der Waals surface area contributed by atoms with Gasteiger partial charge < -0.3 is 0 Å². The summed E-state index contributed by atoms with van der Waals surface area (Å²) in [5.41, 5.74) is -5.04. The van der Waals surface area contributed by atoms with Gasteiger partial charge in [0.25, 0.3) is 0 Å². The Morgan fingerprint density at radius 2 is 0.889 bits per heavy atom. The molecule has 0 N–H and O–H groups in total. The van der Waals surface area contributed by atoms with Gasteiger partial charge in [-0.05, 0) is 12.8 Å². The highest BCUT2D eigenvalue weighted by Crippen LogP contribution is 2.77. The van der Waals surface area contributed by atoms with E-state index in [1.165, 1.54) is 0 Å². The van der Waals surface area contributed by atoms with Gasteiger partial charge in [-0.3, -0.25) is 0 Å². The van der Waals surface area contributed by atoms with Crippen LogP contribution in [0.25, 0.3) is 0 Å². The van der Waals surface area contributed by atoms with Gasteiger partial charge in [0, 0.05) is 16.7 Å². The molecule has 1 aliphatic rings. The number of hydrogen-bond donors (Lipinski definition) is 0. The average Bonchev–Trinajstić information content (AvgIpc) is 2.50. The maximum Gasteiger partial charge on any atom is 0.117 e. The second kappa shape index (κ2) is 11.0. The summed E-state index contributed by atoms with van der Waals surface area (Å²) in [4.78, 5) is -9.14. The number of halogens is 14. The molecule has 0 nitrogen and oxygen atoms in total. The van der Waals surface area contributed by atoms with Crippen molar-refractivity contribution < 1.29 is 0 Å². The number of alkyl halides is 14. The first-order valence-electron chi connectivity index (χ1n) is 7.17. The molecule has 1 rings (SSSR count). The van der Waals surface area contributed by atoms with Crippen molar-refractivity contribution in [2.45, 2.75) is 46.7 Å². The van der Waals surface area contributed by atoms with Crippen molar-refractivity contribution in [2.75, 3.05) is 0 Å². The highest BCUT2D eigenvalue weighted by atomic mass is 35.6. The second-order valence-electron chi connectivity index (χ2n) is 6.13. The van der Waals surface area contributed by atoms with Crippen molar-refractivity contribution in [1.82, 2.24) is 0 Å². The van der Waals surface area contributed by atoms with E-state index in [1.807, 2.05) is 0 Å². The summed E-state index contributed by atoms with van der Waals surface area (Å²) < 4.78 is 0. The van der Waals surface area contributed by atoms with Gasteiger partial charge in [-0.2, -0.15) is 0 Å². The topological polar surface area (TPSA) is 0 Å². The van der Waals surface area contributed by atoms with E-state index in [4.69, 9.17) is 162 Å². The molecular weight excluding hydrogens is 652 g/mol. The van der Waals surface area contributed by atoms with Gasteiger partial charge in [0.1, 0.15) is 33.9 Å². The highest BCUT2D eigenvalue weighted by Gasteiger charge is 2.80. The minimum absolute atomic E-state index is 0.136. The first-order chi connectivity index (χ1) is 12.2. The number of hydrogen-bond acceptors (Lipinski definition) is 0. The zero-order valence-electron chi connectivity index (χ0n) is 12.8. The van der Waals surface area contributed by atoms with Gasteiger partial charge in [-0.25, -0.2) is 0 Å². The van der Waals surface area contributed by atoms with E-state index in [0.717, 1.165) is 0 Å². The molecule has 0 aliphatic heterocycles. The molecule has 0 radical (unpaired) electrons. The molecule has 0 aromatic heterocycles. The first-order valence-corrected chi connectivity index (χ1v) is 13.3. The van der Waals surface area contributed by atoms with Gasteiger partial charge >= 0.3 is 0 Å². The summed E-state index contributed by atoms with van der Waals surface area (Å²) in [5, 5.41) is 0. The van der Waals surface area contributed by atoms with E-state index < -0.39 is 56.0 Å².